The topological polar surface area (TPSA) is 58.2 Å². The van der Waals surface area contributed by atoms with Crippen LogP contribution in [0.25, 0.3) is 0 Å². The van der Waals surface area contributed by atoms with E-state index in [0.717, 1.165) is 30.3 Å². The van der Waals surface area contributed by atoms with Crippen LogP contribution in [0, 0.1) is 34.5 Å². The molecule has 7 atom stereocenters. The zero-order chi connectivity index (χ0) is 22.6. The van der Waals surface area contributed by atoms with Crippen LogP contribution in [0.5, 0.6) is 0 Å². The zero-order valence-electron chi connectivity index (χ0n) is 20.2. The predicted octanol–water partition coefficient (Wildman–Crippen LogP) is 4.93. The van der Waals surface area contributed by atoms with Gasteiger partial charge in [-0.05, 0) is 95.4 Å². The highest BCUT2D eigenvalue weighted by Crippen LogP contribution is 2.66. The monoisotopic (exact) mass is 424 g/mol. The normalized spacial score (nSPS) is 40.8. The molecule has 0 heterocycles. The molecule has 0 aromatic heterocycles. The molecule has 0 aromatic carbocycles. The second kappa shape index (κ2) is 8.03. The molecular weight excluding hydrogens is 384 g/mol. The Balaban J connectivity index is 1.59. The van der Waals surface area contributed by atoms with Gasteiger partial charge in [0, 0.05) is 22.6 Å². The molecule has 0 spiro atoms. The lowest BCUT2D eigenvalue weighted by Gasteiger charge is -2.57. The Morgan fingerprint density at radius 1 is 1.19 bits per heavy atom. The van der Waals surface area contributed by atoms with E-state index in [1.54, 1.807) is 13.0 Å². The van der Waals surface area contributed by atoms with Gasteiger partial charge in [0.15, 0.2) is 0 Å². The summed E-state index contributed by atoms with van der Waals surface area (Å²) in [5.41, 5.74) is 2.36. The van der Waals surface area contributed by atoms with Gasteiger partial charge in [0.1, 0.15) is 0 Å². The molecule has 0 bridgehead atoms. The molecule has 7 unspecified atom stereocenters. The fourth-order valence-corrected chi connectivity index (χ4v) is 7.78. The molecule has 31 heavy (non-hydrogen) atoms. The summed E-state index contributed by atoms with van der Waals surface area (Å²) >= 11 is 0. The molecule has 0 aromatic rings. The standard InChI is InChI=1S/C27H40N2O2/c1-7-16(2)25(31)29-23-13-15-27(5)21-12-14-26(4)19(17(3)28-6)10-11-20(26)18(21)8-9-22(27)24(23)30/h7,9,13,17-21,28H,8,10-12,14-15H2,1-6H3,(H,29,31). The van der Waals surface area contributed by atoms with Gasteiger partial charge < -0.3 is 10.6 Å². The first kappa shape index (κ1) is 22.5. The van der Waals surface area contributed by atoms with E-state index in [0.29, 0.717) is 34.6 Å². The van der Waals surface area contributed by atoms with Gasteiger partial charge in [-0.2, -0.15) is 0 Å². The maximum absolute atomic E-state index is 13.4. The lowest BCUT2D eigenvalue weighted by Crippen LogP contribution is -2.52. The number of Topliss-reactive ketones (excluding diaryl/α,β-unsaturated/α-hetero) is 1. The fraction of sp³-hybridized carbons (Fsp3) is 0.704. The van der Waals surface area contributed by atoms with Crippen molar-refractivity contribution in [3.05, 3.63) is 35.1 Å². The second-order valence-electron chi connectivity index (χ2n) is 11.0. The Kier molecular flexibility index (Phi) is 5.83. The molecule has 4 nitrogen and oxygen atoms in total. The molecule has 2 fully saturated rings. The summed E-state index contributed by atoms with van der Waals surface area (Å²) < 4.78 is 0. The van der Waals surface area contributed by atoms with Crippen LogP contribution in [0.3, 0.4) is 0 Å². The summed E-state index contributed by atoms with van der Waals surface area (Å²) in [5.74, 6) is 2.58. The van der Waals surface area contributed by atoms with E-state index in [9.17, 15) is 9.59 Å². The number of amides is 1. The number of fused-ring (bicyclic) bond motifs is 5. The van der Waals surface area contributed by atoms with Crippen molar-refractivity contribution in [1.82, 2.24) is 10.6 Å². The van der Waals surface area contributed by atoms with Crippen LogP contribution in [-0.4, -0.2) is 24.8 Å². The molecule has 2 N–H and O–H groups in total. The molecular formula is C27H40N2O2. The molecule has 0 saturated heterocycles. The highest BCUT2D eigenvalue weighted by molar-refractivity contribution is 6.13. The molecule has 4 aliphatic rings. The van der Waals surface area contributed by atoms with Crippen molar-refractivity contribution < 1.29 is 9.59 Å². The Bertz CT molecular complexity index is 868. The number of hydrogen-bond acceptors (Lipinski definition) is 3. The Morgan fingerprint density at radius 3 is 2.61 bits per heavy atom. The number of ketones is 1. The van der Waals surface area contributed by atoms with Crippen LogP contribution < -0.4 is 10.6 Å². The van der Waals surface area contributed by atoms with E-state index in [-0.39, 0.29) is 17.1 Å². The fourth-order valence-electron chi connectivity index (χ4n) is 7.78. The van der Waals surface area contributed by atoms with E-state index in [2.05, 4.69) is 44.5 Å². The zero-order valence-corrected chi connectivity index (χ0v) is 20.2. The number of carbonyl (C=O) groups excluding carboxylic acids is 2. The molecule has 1 amide bonds. The van der Waals surface area contributed by atoms with Crippen LogP contribution in [0.1, 0.15) is 73.1 Å². The van der Waals surface area contributed by atoms with E-state index in [1.165, 1.54) is 25.7 Å². The second-order valence-corrected chi connectivity index (χ2v) is 11.0. The Hall–Kier alpha value is -1.68. The average Bonchev–Trinajstić information content (AvgIpc) is 3.11. The largest absolute Gasteiger partial charge is 0.319 e. The third-order valence-electron chi connectivity index (χ3n) is 9.86. The maximum atomic E-state index is 13.4. The lowest BCUT2D eigenvalue weighted by atomic mass is 9.47. The van der Waals surface area contributed by atoms with Crippen LogP contribution in [0.2, 0.25) is 0 Å². The quantitative estimate of drug-likeness (QED) is 0.629. The van der Waals surface area contributed by atoms with Crippen molar-refractivity contribution >= 4 is 11.7 Å². The lowest BCUT2D eigenvalue weighted by molar-refractivity contribution is -0.121. The van der Waals surface area contributed by atoms with Gasteiger partial charge in [0.2, 0.25) is 5.78 Å². The van der Waals surface area contributed by atoms with Gasteiger partial charge in [-0.1, -0.05) is 32.1 Å². The minimum absolute atomic E-state index is 0.0332. The van der Waals surface area contributed by atoms with Crippen LogP contribution in [0.15, 0.2) is 35.1 Å². The Morgan fingerprint density at radius 2 is 1.94 bits per heavy atom. The van der Waals surface area contributed by atoms with E-state index >= 15 is 0 Å². The SMILES string of the molecule is CC=C(C)C(=O)NC1=CCC2(C)C(=CCC3C2CCC2(C)C(C(C)NC)CCC32)C1=O. The third-order valence-corrected chi connectivity index (χ3v) is 9.86. The third kappa shape index (κ3) is 3.37. The van der Waals surface area contributed by atoms with Crippen LogP contribution >= 0.6 is 0 Å². The number of carbonyl (C=O) groups is 2. The summed E-state index contributed by atoms with van der Waals surface area (Å²) in [6.07, 6.45) is 13.0. The van der Waals surface area contributed by atoms with Crippen molar-refractivity contribution in [2.75, 3.05) is 7.05 Å². The highest BCUT2D eigenvalue weighted by Gasteiger charge is 2.59. The van der Waals surface area contributed by atoms with Gasteiger partial charge in [-0.15, -0.1) is 0 Å². The number of hydrogen-bond donors (Lipinski definition) is 2. The molecule has 4 rings (SSSR count). The van der Waals surface area contributed by atoms with Crippen LogP contribution in [0.4, 0.5) is 0 Å². The van der Waals surface area contributed by atoms with Gasteiger partial charge in [0.05, 0.1) is 5.70 Å². The Labute approximate surface area is 188 Å². The minimum Gasteiger partial charge on any atom is -0.319 e. The molecule has 0 aliphatic heterocycles. The molecule has 170 valence electrons. The van der Waals surface area contributed by atoms with Crippen molar-refractivity contribution in [3.63, 3.8) is 0 Å². The number of allylic oxidation sites excluding steroid dienone is 4. The molecule has 2 saturated carbocycles. The molecule has 4 aliphatic carbocycles. The first-order valence-electron chi connectivity index (χ1n) is 12.2. The van der Waals surface area contributed by atoms with E-state index in [4.69, 9.17) is 0 Å². The van der Waals surface area contributed by atoms with Gasteiger partial charge in [0.25, 0.3) is 5.91 Å². The van der Waals surface area contributed by atoms with Crippen molar-refractivity contribution in [3.8, 4) is 0 Å². The van der Waals surface area contributed by atoms with Crippen molar-refractivity contribution in [2.45, 2.75) is 79.2 Å². The molecule has 4 heteroatoms. The van der Waals surface area contributed by atoms with Crippen molar-refractivity contribution in [2.24, 2.45) is 34.5 Å². The maximum Gasteiger partial charge on any atom is 0.251 e. The van der Waals surface area contributed by atoms with Crippen molar-refractivity contribution in [1.29, 1.82) is 0 Å². The number of nitrogens with one attached hydrogen (secondary N) is 2. The van der Waals surface area contributed by atoms with E-state index < -0.39 is 0 Å². The highest BCUT2D eigenvalue weighted by atomic mass is 16.2. The number of rotatable bonds is 4. The van der Waals surface area contributed by atoms with E-state index in [1.807, 2.05) is 13.0 Å². The summed E-state index contributed by atoms with van der Waals surface area (Å²) in [6, 6.07) is 0.558. The summed E-state index contributed by atoms with van der Waals surface area (Å²) in [5, 5.41) is 6.39. The summed E-state index contributed by atoms with van der Waals surface area (Å²) in [6.45, 7) is 10.8. The van der Waals surface area contributed by atoms with Crippen LogP contribution in [-0.2, 0) is 9.59 Å². The van der Waals surface area contributed by atoms with Gasteiger partial charge >= 0.3 is 0 Å². The minimum atomic E-state index is -0.177. The first-order chi connectivity index (χ1) is 14.7. The first-order valence-corrected chi connectivity index (χ1v) is 12.2. The predicted molar refractivity (Wildman–Crippen MR) is 125 cm³/mol. The summed E-state index contributed by atoms with van der Waals surface area (Å²) in [7, 11) is 2.10. The smallest absolute Gasteiger partial charge is 0.251 e. The van der Waals surface area contributed by atoms with Gasteiger partial charge in [-0.3, -0.25) is 9.59 Å². The average molecular weight is 425 g/mol. The van der Waals surface area contributed by atoms with Gasteiger partial charge in [-0.25, -0.2) is 0 Å². The summed E-state index contributed by atoms with van der Waals surface area (Å²) in [4.78, 5) is 25.7. The molecule has 0 radical (unpaired) electrons.